The highest BCUT2D eigenvalue weighted by Gasteiger charge is 2.19. The summed E-state index contributed by atoms with van der Waals surface area (Å²) in [5.41, 5.74) is 0. The van der Waals surface area contributed by atoms with Crippen molar-refractivity contribution in [3.63, 3.8) is 0 Å². The molecule has 0 saturated heterocycles. The van der Waals surface area contributed by atoms with Gasteiger partial charge in [-0.25, -0.2) is 0 Å². The van der Waals surface area contributed by atoms with Gasteiger partial charge in [-0.1, -0.05) is 242 Å². The monoisotopic (exact) mass is 965 g/mol. The molecule has 0 heterocycles. The Morgan fingerprint density at radius 2 is 0.536 bits per heavy atom. The van der Waals surface area contributed by atoms with Crippen LogP contribution in [0, 0.1) is 0 Å². The van der Waals surface area contributed by atoms with E-state index in [1.807, 2.05) is 0 Å². The zero-order valence-corrected chi connectivity index (χ0v) is 45.8. The summed E-state index contributed by atoms with van der Waals surface area (Å²) < 4.78 is 16.8. The first-order valence-corrected chi connectivity index (χ1v) is 29.8. The normalized spacial score (nSPS) is 12.4. The Bertz CT molecular complexity index is 1250. The summed E-state index contributed by atoms with van der Waals surface area (Å²) in [6.07, 6.45) is 72.2. The Morgan fingerprint density at radius 3 is 0.884 bits per heavy atom. The lowest BCUT2D eigenvalue weighted by Gasteiger charge is -2.18. The third kappa shape index (κ3) is 55.9. The second-order valence-electron chi connectivity index (χ2n) is 19.9. The predicted molar refractivity (Wildman–Crippen MR) is 298 cm³/mol. The lowest BCUT2D eigenvalue weighted by atomic mass is 10.1. The minimum atomic E-state index is -0.799. The van der Waals surface area contributed by atoms with Gasteiger partial charge in [0.15, 0.2) is 6.10 Å². The van der Waals surface area contributed by atoms with Crippen LogP contribution in [0.5, 0.6) is 0 Å². The number of ether oxygens (including phenoxy) is 3. The van der Waals surface area contributed by atoms with Gasteiger partial charge in [0.05, 0.1) is 0 Å². The van der Waals surface area contributed by atoms with Crippen LogP contribution in [0.3, 0.4) is 0 Å². The number of hydrogen-bond acceptors (Lipinski definition) is 6. The summed E-state index contributed by atoms with van der Waals surface area (Å²) in [4.78, 5) is 38.2. The van der Waals surface area contributed by atoms with E-state index in [2.05, 4.69) is 81.5 Å². The van der Waals surface area contributed by atoms with E-state index in [9.17, 15) is 14.4 Å². The van der Waals surface area contributed by atoms with E-state index in [1.54, 1.807) is 0 Å². The maximum Gasteiger partial charge on any atom is 0.306 e. The zero-order chi connectivity index (χ0) is 50.0. The summed E-state index contributed by atoms with van der Waals surface area (Å²) >= 11 is 0. The zero-order valence-electron chi connectivity index (χ0n) is 45.8. The van der Waals surface area contributed by atoms with Crippen molar-refractivity contribution in [1.82, 2.24) is 0 Å². The highest BCUT2D eigenvalue weighted by Crippen LogP contribution is 2.15. The summed E-state index contributed by atoms with van der Waals surface area (Å²) in [7, 11) is 0. The highest BCUT2D eigenvalue weighted by atomic mass is 16.6. The fourth-order valence-electron chi connectivity index (χ4n) is 8.45. The Morgan fingerprint density at radius 1 is 0.290 bits per heavy atom. The van der Waals surface area contributed by atoms with Gasteiger partial charge >= 0.3 is 17.9 Å². The highest BCUT2D eigenvalue weighted by molar-refractivity contribution is 5.71. The lowest BCUT2D eigenvalue weighted by Crippen LogP contribution is -2.30. The topological polar surface area (TPSA) is 78.9 Å². The predicted octanol–water partition coefficient (Wildman–Crippen LogP) is 20.0. The molecule has 0 aliphatic carbocycles. The molecule has 6 heteroatoms. The summed E-state index contributed by atoms with van der Waals surface area (Å²) in [6, 6.07) is 0. The van der Waals surface area contributed by atoms with Crippen LogP contribution in [0.4, 0.5) is 0 Å². The van der Waals surface area contributed by atoms with Gasteiger partial charge < -0.3 is 14.2 Å². The fraction of sp³-hybridized carbons (Fsp3) is 0.794. The molecule has 0 rings (SSSR count). The third-order valence-electron chi connectivity index (χ3n) is 13.0. The van der Waals surface area contributed by atoms with Crippen LogP contribution in [-0.4, -0.2) is 37.2 Å². The molecule has 0 aromatic carbocycles. The first-order chi connectivity index (χ1) is 34.0. The van der Waals surface area contributed by atoms with Gasteiger partial charge in [0.25, 0.3) is 0 Å². The third-order valence-corrected chi connectivity index (χ3v) is 13.0. The molecule has 0 N–H and O–H groups in total. The molecular weight excluding hydrogens is 853 g/mol. The van der Waals surface area contributed by atoms with Crippen LogP contribution in [0.15, 0.2) is 60.8 Å². The van der Waals surface area contributed by atoms with Gasteiger partial charge in [-0.2, -0.15) is 0 Å². The van der Waals surface area contributed by atoms with Gasteiger partial charge in [0, 0.05) is 19.3 Å². The maximum absolute atomic E-state index is 12.9. The Hall–Kier alpha value is -2.89. The van der Waals surface area contributed by atoms with Crippen molar-refractivity contribution >= 4 is 17.9 Å². The van der Waals surface area contributed by atoms with Crippen LogP contribution in [0.25, 0.3) is 0 Å². The van der Waals surface area contributed by atoms with Crippen molar-refractivity contribution in [3.8, 4) is 0 Å². The standard InChI is InChI=1S/C63H112O6/c1-4-7-10-13-16-19-22-25-28-30-31-33-36-38-41-44-47-50-53-56-62(65)68-59-60(69-63(66)57-54-51-48-45-42-39-34-27-24-21-18-15-12-9-6-3)58-67-61(64)55-52-49-46-43-40-37-35-32-29-26-23-20-17-14-11-8-5-2/h25-29,34-35,37,43,46,60H,4-24,30-33,36,38-42,44-45,47-59H2,1-3H3/b28-25-,29-26-,34-27-,37-35-,46-43-/t60-/m0/s1. The Kier molecular flexibility index (Phi) is 55.3. The molecule has 0 aliphatic heterocycles. The van der Waals surface area contributed by atoms with E-state index in [0.29, 0.717) is 19.3 Å². The van der Waals surface area contributed by atoms with Crippen LogP contribution in [0.2, 0.25) is 0 Å². The Balaban J connectivity index is 4.43. The van der Waals surface area contributed by atoms with E-state index in [1.165, 1.54) is 186 Å². The van der Waals surface area contributed by atoms with Crippen molar-refractivity contribution in [2.45, 2.75) is 309 Å². The van der Waals surface area contributed by atoms with Crippen molar-refractivity contribution < 1.29 is 28.6 Å². The minimum Gasteiger partial charge on any atom is -0.462 e. The van der Waals surface area contributed by atoms with Crippen molar-refractivity contribution in [2.24, 2.45) is 0 Å². The van der Waals surface area contributed by atoms with Gasteiger partial charge in [-0.05, 0) is 103 Å². The molecule has 0 aromatic heterocycles. The summed E-state index contributed by atoms with van der Waals surface area (Å²) in [5.74, 6) is -0.946. The first-order valence-electron chi connectivity index (χ1n) is 29.8. The molecule has 1 atom stereocenters. The quantitative estimate of drug-likeness (QED) is 0.0262. The number of allylic oxidation sites excluding steroid dienone is 10. The number of carbonyl (C=O) groups is 3. The van der Waals surface area contributed by atoms with Crippen molar-refractivity contribution in [2.75, 3.05) is 13.2 Å². The second-order valence-corrected chi connectivity index (χ2v) is 19.9. The molecule has 0 amide bonds. The lowest BCUT2D eigenvalue weighted by molar-refractivity contribution is -0.167. The molecule has 0 spiro atoms. The van der Waals surface area contributed by atoms with Gasteiger partial charge in [0.2, 0.25) is 0 Å². The largest absolute Gasteiger partial charge is 0.462 e. The molecule has 0 unspecified atom stereocenters. The number of esters is 3. The summed E-state index contributed by atoms with van der Waals surface area (Å²) in [6.45, 7) is 6.60. The molecule has 0 bridgehead atoms. The number of carbonyl (C=O) groups excluding carboxylic acids is 3. The SMILES string of the molecule is CCCCCCCC/C=C\C/C=C\C/C=C\CCCC(=O)OC[C@@H](COC(=O)CCCCCCCCCCC/C=C\CCCCCCCC)OC(=O)CCCCCCC/C=C\CCCCCCCC. The number of unbranched alkanes of at least 4 members (excludes halogenated alkanes) is 33. The second kappa shape index (κ2) is 57.7. The molecule has 69 heavy (non-hydrogen) atoms. The number of rotatable bonds is 54. The molecular formula is C63H112O6. The van der Waals surface area contributed by atoms with E-state index >= 15 is 0 Å². The van der Waals surface area contributed by atoms with Gasteiger partial charge in [0.1, 0.15) is 13.2 Å². The average molecular weight is 966 g/mol. The summed E-state index contributed by atoms with van der Waals surface area (Å²) in [5, 5.41) is 0. The molecule has 6 nitrogen and oxygen atoms in total. The Labute approximate surface area is 428 Å². The van der Waals surface area contributed by atoms with Crippen LogP contribution < -0.4 is 0 Å². The molecule has 0 fully saturated rings. The molecule has 0 aliphatic rings. The van der Waals surface area contributed by atoms with Crippen molar-refractivity contribution in [1.29, 1.82) is 0 Å². The van der Waals surface area contributed by atoms with E-state index in [-0.39, 0.29) is 37.5 Å². The molecule has 400 valence electrons. The average Bonchev–Trinajstić information content (AvgIpc) is 3.35. The number of hydrogen-bond donors (Lipinski definition) is 0. The minimum absolute atomic E-state index is 0.0929. The first kappa shape index (κ1) is 66.1. The van der Waals surface area contributed by atoms with Crippen LogP contribution >= 0.6 is 0 Å². The van der Waals surface area contributed by atoms with Crippen LogP contribution in [0.1, 0.15) is 303 Å². The van der Waals surface area contributed by atoms with E-state index < -0.39 is 6.10 Å². The van der Waals surface area contributed by atoms with Gasteiger partial charge in [-0.15, -0.1) is 0 Å². The van der Waals surface area contributed by atoms with Crippen LogP contribution in [-0.2, 0) is 28.6 Å². The molecule has 0 saturated carbocycles. The molecule has 0 radical (unpaired) electrons. The van der Waals surface area contributed by atoms with E-state index in [4.69, 9.17) is 14.2 Å². The molecule has 0 aromatic rings. The maximum atomic E-state index is 12.9. The van der Waals surface area contributed by atoms with Gasteiger partial charge in [-0.3, -0.25) is 14.4 Å². The van der Waals surface area contributed by atoms with E-state index in [0.717, 1.165) is 70.6 Å². The fourth-order valence-corrected chi connectivity index (χ4v) is 8.45. The smallest absolute Gasteiger partial charge is 0.306 e. The van der Waals surface area contributed by atoms with Crippen molar-refractivity contribution in [3.05, 3.63) is 60.8 Å².